The normalized spacial score (nSPS) is 6.73. The summed E-state index contributed by atoms with van der Waals surface area (Å²) >= 11 is 0. The van der Waals surface area contributed by atoms with Crippen LogP contribution in [0.4, 0.5) is 0 Å². The van der Waals surface area contributed by atoms with Crippen molar-refractivity contribution in [1.82, 2.24) is 0 Å². The Morgan fingerprint density at radius 3 is 1.53 bits per heavy atom. The molecule has 0 atom stereocenters. The molecule has 15 heavy (non-hydrogen) atoms. The molecular formula is C7H11NO7. The lowest BCUT2D eigenvalue weighted by molar-refractivity contribution is -0.742. The van der Waals surface area contributed by atoms with Crippen molar-refractivity contribution < 1.29 is 30.1 Å². The van der Waals surface area contributed by atoms with Crippen LogP contribution in [0.2, 0.25) is 0 Å². The monoisotopic (exact) mass is 221 g/mol. The zero-order chi connectivity index (χ0) is 13.0. The van der Waals surface area contributed by atoms with Crippen LogP contribution in [0.1, 0.15) is 6.92 Å². The van der Waals surface area contributed by atoms with Gasteiger partial charge in [-0.15, -0.1) is 10.1 Å². The number of rotatable bonds is 2. The van der Waals surface area contributed by atoms with Crippen molar-refractivity contribution >= 4 is 11.9 Å². The van der Waals surface area contributed by atoms with Gasteiger partial charge in [0.05, 0.1) is 0 Å². The number of hydrogen-bond acceptors (Lipinski definition) is 4. The predicted molar refractivity (Wildman–Crippen MR) is 49.1 cm³/mol. The summed E-state index contributed by atoms with van der Waals surface area (Å²) in [5.74, 6) is -1.92. The summed E-state index contributed by atoms with van der Waals surface area (Å²) in [4.78, 5) is 27.2. The van der Waals surface area contributed by atoms with Crippen LogP contribution in [0.5, 0.6) is 0 Å². The first-order valence-electron chi connectivity index (χ1n) is 3.22. The molecule has 0 aromatic heterocycles. The molecule has 0 aromatic carbocycles. The number of carboxylic acid groups (broad SMARTS) is 2. The fourth-order valence-electron chi connectivity index (χ4n) is 0. The first-order chi connectivity index (χ1) is 6.64. The van der Waals surface area contributed by atoms with Gasteiger partial charge in [0.15, 0.2) is 0 Å². The Hall–Kier alpha value is -2.38. The number of carboxylic acids is 2. The van der Waals surface area contributed by atoms with E-state index < -0.39 is 17.0 Å². The fraction of sp³-hybridized carbons (Fsp3) is 0.143. The summed E-state index contributed by atoms with van der Waals surface area (Å²) in [6.07, 6.45) is 0.833. The van der Waals surface area contributed by atoms with Crippen molar-refractivity contribution in [3.63, 3.8) is 0 Å². The average molecular weight is 221 g/mol. The molecule has 0 aliphatic rings. The molecule has 0 bridgehead atoms. The molecule has 0 rings (SSSR count). The minimum atomic E-state index is -1.50. The third-order valence-electron chi connectivity index (χ3n) is 0.540. The molecule has 0 unspecified atom stereocenters. The van der Waals surface area contributed by atoms with Crippen molar-refractivity contribution in [3.05, 3.63) is 34.9 Å². The molecule has 0 heterocycles. The van der Waals surface area contributed by atoms with Crippen LogP contribution >= 0.6 is 0 Å². The van der Waals surface area contributed by atoms with Crippen LogP contribution in [0.25, 0.3) is 0 Å². The standard InChI is InChI=1S/C4H6O2.C3H4O2.HNO3/c1-3(2)4(5)6;1-2-3(4)5;2-1(3)4/h1H2,2H3,(H,5,6);2H,1H2,(H,4,5);(H,2,3,4). The molecule has 0 spiro atoms. The Morgan fingerprint density at radius 2 is 1.53 bits per heavy atom. The summed E-state index contributed by atoms with van der Waals surface area (Å²) in [7, 11) is 0. The Kier molecular flexibility index (Phi) is 14.3. The minimum Gasteiger partial charge on any atom is -0.478 e. The molecule has 86 valence electrons. The van der Waals surface area contributed by atoms with Crippen LogP contribution in [0, 0.1) is 10.1 Å². The average Bonchev–Trinajstić information content (AvgIpc) is 2.04. The smallest absolute Gasteiger partial charge is 0.330 e. The van der Waals surface area contributed by atoms with Crippen molar-refractivity contribution in [2.24, 2.45) is 0 Å². The highest BCUT2D eigenvalue weighted by molar-refractivity contribution is 5.84. The van der Waals surface area contributed by atoms with Gasteiger partial charge in [-0.2, -0.15) is 0 Å². The van der Waals surface area contributed by atoms with Gasteiger partial charge in [0.25, 0.3) is 5.09 Å². The van der Waals surface area contributed by atoms with Gasteiger partial charge in [-0.1, -0.05) is 13.2 Å². The molecule has 8 nitrogen and oxygen atoms in total. The van der Waals surface area contributed by atoms with Gasteiger partial charge < -0.3 is 15.4 Å². The lowest BCUT2D eigenvalue weighted by Gasteiger charge is -1.79. The van der Waals surface area contributed by atoms with Crippen molar-refractivity contribution in [2.75, 3.05) is 0 Å². The Labute approximate surface area is 84.9 Å². The summed E-state index contributed by atoms with van der Waals surface area (Å²) in [5.41, 5.74) is 0.176. The first kappa shape index (κ1) is 18.4. The number of nitrogens with zero attached hydrogens (tertiary/aromatic N) is 1. The van der Waals surface area contributed by atoms with Gasteiger partial charge in [-0.3, -0.25) is 0 Å². The summed E-state index contributed by atoms with van der Waals surface area (Å²) in [6, 6.07) is 0. The van der Waals surface area contributed by atoms with E-state index in [1.807, 2.05) is 0 Å². The SMILES string of the molecule is C=C(C)C(=O)O.C=CC(=O)O.O=[N+]([O-])O. The van der Waals surface area contributed by atoms with E-state index in [1.165, 1.54) is 6.92 Å². The first-order valence-corrected chi connectivity index (χ1v) is 3.22. The summed E-state index contributed by atoms with van der Waals surface area (Å²) in [5, 5.41) is 29.1. The Balaban J connectivity index is -0.000000147. The second-order valence-corrected chi connectivity index (χ2v) is 1.87. The van der Waals surface area contributed by atoms with E-state index >= 15 is 0 Å². The molecule has 0 aliphatic carbocycles. The molecule has 0 aliphatic heterocycles. The lowest BCUT2D eigenvalue weighted by atomic mass is 10.4. The van der Waals surface area contributed by atoms with Crippen LogP contribution in [-0.2, 0) is 9.59 Å². The van der Waals surface area contributed by atoms with Crippen molar-refractivity contribution in [2.45, 2.75) is 6.92 Å². The maximum absolute atomic E-state index is 9.60. The Bertz CT molecular complexity index is 242. The van der Waals surface area contributed by atoms with Gasteiger partial charge in [-0.05, 0) is 6.92 Å². The van der Waals surface area contributed by atoms with Crippen LogP contribution < -0.4 is 0 Å². The van der Waals surface area contributed by atoms with E-state index in [1.54, 1.807) is 0 Å². The Morgan fingerprint density at radius 1 is 1.40 bits per heavy atom. The van der Waals surface area contributed by atoms with Gasteiger partial charge in [0.1, 0.15) is 0 Å². The molecule has 0 amide bonds. The maximum atomic E-state index is 9.60. The van der Waals surface area contributed by atoms with E-state index in [4.69, 9.17) is 25.5 Å². The lowest BCUT2D eigenvalue weighted by Crippen LogP contribution is -1.92. The van der Waals surface area contributed by atoms with Crippen molar-refractivity contribution in [1.29, 1.82) is 0 Å². The highest BCUT2D eigenvalue weighted by atomic mass is 16.9. The van der Waals surface area contributed by atoms with Gasteiger partial charge >= 0.3 is 11.9 Å². The zero-order valence-electron chi connectivity index (χ0n) is 7.91. The predicted octanol–water partition coefficient (Wildman–Crippen LogP) is 0.556. The zero-order valence-corrected chi connectivity index (χ0v) is 7.91. The van der Waals surface area contributed by atoms with Crippen LogP contribution in [-0.4, -0.2) is 32.4 Å². The van der Waals surface area contributed by atoms with Crippen LogP contribution in [0.3, 0.4) is 0 Å². The van der Waals surface area contributed by atoms with E-state index in [-0.39, 0.29) is 5.57 Å². The summed E-state index contributed by atoms with van der Waals surface area (Å²) < 4.78 is 0. The van der Waals surface area contributed by atoms with Gasteiger partial charge in [-0.25, -0.2) is 9.59 Å². The third-order valence-corrected chi connectivity index (χ3v) is 0.540. The topological polar surface area (TPSA) is 138 Å². The molecule has 0 saturated heterocycles. The van der Waals surface area contributed by atoms with E-state index in [2.05, 4.69) is 13.2 Å². The number of aliphatic carboxylic acids is 2. The highest BCUT2D eigenvalue weighted by Gasteiger charge is 1.90. The van der Waals surface area contributed by atoms with E-state index in [9.17, 15) is 9.59 Å². The molecule has 3 N–H and O–H groups in total. The van der Waals surface area contributed by atoms with E-state index in [0.717, 1.165) is 6.08 Å². The largest absolute Gasteiger partial charge is 0.478 e. The third kappa shape index (κ3) is 82.1. The minimum absolute atomic E-state index is 0.176. The molecule has 8 heteroatoms. The van der Waals surface area contributed by atoms with Crippen LogP contribution in [0.15, 0.2) is 24.8 Å². The second kappa shape index (κ2) is 11.6. The quantitative estimate of drug-likeness (QED) is 0.351. The summed E-state index contributed by atoms with van der Waals surface area (Å²) in [6.45, 7) is 7.56. The van der Waals surface area contributed by atoms with Crippen molar-refractivity contribution in [3.8, 4) is 0 Å². The molecule has 0 fully saturated rings. The maximum Gasteiger partial charge on any atom is 0.330 e. The van der Waals surface area contributed by atoms with E-state index in [0.29, 0.717) is 0 Å². The van der Waals surface area contributed by atoms with Gasteiger partial charge in [0, 0.05) is 11.6 Å². The molecular weight excluding hydrogens is 210 g/mol. The second-order valence-electron chi connectivity index (χ2n) is 1.87. The molecule has 0 radical (unpaired) electrons. The number of hydrogen-bond donors (Lipinski definition) is 3. The number of carbonyl (C=O) groups is 2. The van der Waals surface area contributed by atoms with Gasteiger partial charge in [0.2, 0.25) is 0 Å². The highest BCUT2D eigenvalue weighted by Crippen LogP contribution is 1.81. The molecule has 0 saturated carbocycles. The fourth-order valence-corrected chi connectivity index (χ4v) is 0. The molecule has 0 aromatic rings.